The third kappa shape index (κ3) is 3.62. The highest BCUT2D eigenvalue weighted by molar-refractivity contribution is 5.96. The Bertz CT molecular complexity index is 691. The lowest BCUT2D eigenvalue weighted by atomic mass is 9.93. The van der Waals surface area contributed by atoms with Gasteiger partial charge in [-0.3, -0.25) is 4.79 Å². The van der Waals surface area contributed by atoms with Crippen molar-refractivity contribution >= 4 is 11.9 Å². The fourth-order valence-electron chi connectivity index (χ4n) is 2.82. The highest BCUT2D eigenvalue weighted by Crippen LogP contribution is 2.18. The Labute approximate surface area is 139 Å². The molecule has 2 atom stereocenters. The standard InChI is InChI=1S/C17H19N3O4/c21-16(19-15(17(22)23)13-3-1-10-24-11-13)12-4-6-14(7-5-12)20-9-2-8-18-20/h2,4-9,13,15H,1,3,10-11H2,(H,19,21)(H,22,23). The summed E-state index contributed by atoms with van der Waals surface area (Å²) in [5, 5.41) is 16.1. The van der Waals surface area contributed by atoms with Crippen LogP contribution in [0.4, 0.5) is 0 Å². The molecule has 1 aliphatic rings. The van der Waals surface area contributed by atoms with Gasteiger partial charge in [-0.2, -0.15) is 5.10 Å². The summed E-state index contributed by atoms with van der Waals surface area (Å²) in [5.41, 5.74) is 1.24. The summed E-state index contributed by atoms with van der Waals surface area (Å²) in [5.74, 6) is -1.64. The number of carboxylic acids is 1. The minimum Gasteiger partial charge on any atom is -0.480 e. The van der Waals surface area contributed by atoms with E-state index >= 15 is 0 Å². The van der Waals surface area contributed by atoms with E-state index in [4.69, 9.17) is 4.74 Å². The molecule has 2 heterocycles. The summed E-state index contributed by atoms with van der Waals surface area (Å²) in [7, 11) is 0. The highest BCUT2D eigenvalue weighted by atomic mass is 16.5. The molecule has 2 aromatic rings. The quantitative estimate of drug-likeness (QED) is 0.867. The van der Waals surface area contributed by atoms with Gasteiger partial charge in [0.05, 0.1) is 12.3 Å². The number of carbonyl (C=O) groups is 2. The number of ether oxygens (including phenoxy) is 1. The van der Waals surface area contributed by atoms with Crippen molar-refractivity contribution in [2.24, 2.45) is 5.92 Å². The molecule has 0 saturated carbocycles. The summed E-state index contributed by atoms with van der Waals surface area (Å²) < 4.78 is 7.01. The third-order valence-electron chi connectivity index (χ3n) is 4.12. The average molecular weight is 329 g/mol. The van der Waals surface area contributed by atoms with E-state index < -0.39 is 17.9 Å². The largest absolute Gasteiger partial charge is 0.480 e. The van der Waals surface area contributed by atoms with Crippen molar-refractivity contribution < 1.29 is 19.4 Å². The van der Waals surface area contributed by atoms with Crippen LogP contribution in [-0.4, -0.2) is 46.0 Å². The summed E-state index contributed by atoms with van der Waals surface area (Å²) >= 11 is 0. The average Bonchev–Trinajstić information content (AvgIpc) is 3.15. The lowest BCUT2D eigenvalue weighted by Gasteiger charge is -2.28. The normalized spacial score (nSPS) is 18.8. The molecule has 24 heavy (non-hydrogen) atoms. The first-order valence-electron chi connectivity index (χ1n) is 7.86. The van der Waals surface area contributed by atoms with Crippen LogP contribution in [0.2, 0.25) is 0 Å². The monoisotopic (exact) mass is 329 g/mol. The van der Waals surface area contributed by atoms with Gasteiger partial charge in [0.1, 0.15) is 6.04 Å². The number of hydrogen-bond acceptors (Lipinski definition) is 4. The number of amides is 1. The highest BCUT2D eigenvalue weighted by Gasteiger charge is 2.31. The first kappa shape index (κ1) is 16.2. The van der Waals surface area contributed by atoms with Gasteiger partial charge in [-0.1, -0.05) is 0 Å². The molecule has 0 spiro atoms. The van der Waals surface area contributed by atoms with Gasteiger partial charge < -0.3 is 15.2 Å². The summed E-state index contributed by atoms with van der Waals surface area (Å²) in [6.07, 6.45) is 5.02. The Morgan fingerprint density at radius 3 is 2.71 bits per heavy atom. The molecule has 1 fully saturated rings. The topological polar surface area (TPSA) is 93.5 Å². The zero-order valence-corrected chi connectivity index (χ0v) is 13.1. The Morgan fingerprint density at radius 2 is 2.12 bits per heavy atom. The molecule has 1 amide bonds. The summed E-state index contributed by atoms with van der Waals surface area (Å²) in [4.78, 5) is 23.9. The Hall–Kier alpha value is -2.67. The zero-order valence-electron chi connectivity index (χ0n) is 13.1. The Kier molecular flexibility index (Phi) is 4.90. The number of aromatic nitrogens is 2. The number of aliphatic carboxylic acids is 1. The van der Waals surface area contributed by atoms with Gasteiger partial charge in [0, 0.05) is 30.5 Å². The number of nitrogens with zero attached hydrogens (tertiary/aromatic N) is 2. The van der Waals surface area contributed by atoms with Gasteiger partial charge in [-0.05, 0) is 43.2 Å². The molecule has 1 aromatic heterocycles. The summed E-state index contributed by atoms with van der Waals surface area (Å²) in [6.45, 7) is 1.00. The van der Waals surface area contributed by atoms with Gasteiger partial charge in [-0.25, -0.2) is 9.48 Å². The SMILES string of the molecule is O=C(NC(C(=O)O)C1CCCOC1)c1ccc(-n2cccn2)cc1. The number of rotatable bonds is 5. The molecule has 1 aromatic carbocycles. The number of nitrogens with one attached hydrogen (secondary N) is 1. The molecule has 2 unspecified atom stereocenters. The van der Waals surface area contributed by atoms with Crippen LogP contribution in [0.5, 0.6) is 0 Å². The molecule has 1 aliphatic heterocycles. The smallest absolute Gasteiger partial charge is 0.326 e. The molecule has 7 nitrogen and oxygen atoms in total. The molecule has 0 aliphatic carbocycles. The van der Waals surface area contributed by atoms with Gasteiger partial charge in [-0.15, -0.1) is 0 Å². The van der Waals surface area contributed by atoms with E-state index in [0.29, 0.717) is 18.8 Å². The van der Waals surface area contributed by atoms with Gasteiger partial charge in [0.2, 0.25) is 0 Å². The predicted molar refractivity (Wildman–Crippen MR) is 86.0 cm³/mol. The molecule has 126 valence electrons. The van der Waals surface area contributed by atoms with Crippen LogP contribution in [0.1, 0.15) is 23.2 Å². The van der Waals surface area contributed by atoms with Crippen LogP contribution in [0.15, 0.2) is 42.7 Å². The zero-order chi connectivity index (χ0) is 16.9. The molecular weight excluding hydrogens is 310 g/mol. The second kappa shape index (κ2) is 7.27. The molecular formula is C17H19N3O4. The second-order valence-electron chi connectivity index (χ2n) is 5.76. The van der Waals surface area contributed by atoms with Crippen molar-refractivity contribution in [3.63, 3.8) is 0 Å². The summed E-state index contributed by atoms with van der Waals surface area (Å²) in [6, 6.07) is 7.71. The van der Waals surface area contributed by atoms with E-state index in [1.54, 1.807) is 41.3 Å². The van der Waals surface area contributed by atoms with Crippen LogP contribution in [0, 0.1) is 5.92 Å². The second-order valence-corrected chi connectivity index (χ2v) is 5.76. The van der Waals surface area contributed by atoms with Crippen LogP contribution in [0.25, 0.3) is 5.69 Å². The molecule has 7 heteroatoms. The Balaban J connectivity index is 1.69. The van der Waals surface area contributed by atoms with Crippen molar-refractivity contribution in [1.82, 2.24) is 15.1 Å². The van der Waals surface area contributed by atoms with E-state index in [9.17, 15) is 14.7 Å². The number of hydrogen-bond donors (Lipinski definition) is 2. The van der Waals surface area contributed by atoms with E-state index in [0.717, 1.165) is 18.5 Å². The first-order valence-corrected chi connectivity index (χ1v) is 7.86. The van der Waals surface area contributed by atoms with Gasteiger partial charge in [0.15, 0.2) is 0 Å². The number of carbonyl (C=O) groups excluding carboxylic acids is 1. The van der Waals surface area contributed by atoms with Gasteiger partial charge in [0.25, 0.3) is 5.91 Å². The lowest BCUT2D eigenvalue weighted by molar-refractivity contribution is -0.142. The Morgan fingerprint density at radius 1 is 1.33 bits per heavy atom. The predicted octanol–water partition coefficient (Wildman–Crippen LogP) is 1.48. The third-order valence-corrected chi connectivity index (χ3v) is 4.12. The van der Waals surface area contributed by atoms with Crippen molar-refractivity contribution in [2.75, 3.05) is 13.2 Å². The molecule has 0 bridgehead atoms. The van der Waals surface area contributed by atoms with Crippen molar-refractivity contribution in [2.45, 2.75) is 18.9 Å². The van der Waals surface area contributed by atoms with E-state index in [1.165, 1.54) is 0 Å². The minimum absolute atomic E-state index is 0.205. The van der Waals surface area contributed by atoms with Crippen LogP contribution < -0.4 is 5.32 Å². The molecule has 0 radical (unpaired) electrons. The van der Waals surface area contributed by atoms with Crippen LogP contribution in [0.3, 0.4) is 0 Å². The minimum atomic E-state index is -1.04. The maximum absolute atomic E-state index is 12.4. The maximum atomic E-state index is 12.4. The van der Waals surface area contributed by atoms with Crippen molar-refractivity contribution in [3.05, 3.63) is 48.3 Å². The van der Waals surface area contributed by atoms with E-state index in [2.05, 4.69) is 10.4 Å². The van der Waals surface area contributed by atoms with Crippen LogP contribution in [-0.2, 0) is 9.53 Å². The van der Waals surface area contributed by atoms with E-state index in [1.807, 2.05) is 6.07 Å². The van der Waals surface area contributed by atoms with Crippen molar-refractivity contribution in [3.8, 4) is 5.69 Å². The van der Waals surface area contributed by atoms with Gasteiger partial charge >= 0.3 is 5.97 Å². The lowest BCUT2D eigenvalue weighted by Crippen LogP contribution is -2.48. The fourth-order valence-corrected chi connectivity index (χ4v) is 2.82. The molecule has 1 saturated heterocycles. The number of carboxylic acid groups (broad SMARTS) is 1. The first-order chi connectivity index (χ1) is 11.6. The maximum Gasteiger partial charge on any atom is 0.326 e. The fraction of sp³-hybridized carbons (Fsp3) is 0.353. The molecule has 3 rings (SSSR count). The number of benzene rings is 1. The van der Waals surface area contributed by atoms with E-state index in [-0.39, 0.29) is 5.92 Å². The van der Waals surface area contributed by atoms with Crippen LogP contribution >= 0.6 is 0 Å². The molecule has 2 N–H and O–H groups in total. The van der Waals surface area contributed by atoms with Crippen molar-refractivity contribution in [1.29, 1.82) is 0 Å².